The number of carbonyl (C=O) groups excluding carboxylic acids is 4. The first-order chi connectivity index (χ1) is 13.8. The van der Waals surface area contributed by atoms with Gasteiger partial charge >= 0.3 is 12.0 Å². The molecule has 1 aliphatic rings. The maximum absolute atomic E-state index is 12.8. The lowest BCUT2D eigenvalue weighted by Gasteiger charge is -2.22. The molecule has 29 heavy (non-hydrogen) atoms. The molecular formula is C20H21N3O5S. The second-order valence-electron chi connectivity index (χ2n) is 6.85. The number of likely N-dealkylation sites (N-methyl/N-ethyl adjacent to an activating group) is 1. The van der Waals surface area contributed by atoms with Crippen LogP contribution in [0.4, 0.5) is 4.79 Å². The van der Waals surface area contributed by atoms with Crippen LogP contribution in [0.1, 0.15) is 18.1 Å². The summed E-state index contributed by atoms with van der Waals surface area (Å²) in [5.74, 6) is -1.76. The monoisotopic (exact) mass is 415 g/mol. The molecule has 1 aliphatic heterocycles. The summed E-state index contributed by atoms with van der Waals surface area (Å²) < 4.78 is 4.98. The number of thiophene rings is 1. The maximum atomic E-state index is 12.8. The third-order valence-corrected chi connectivity index (χ3v) is 5.43. The van der Waals surface area contributed by atoms with E-state index in [0.29, 0.717) is 12.1 Å². The van der Waals surface area contributed by atoms with Crippen LogP contribution in [0.25, 0.3) is 0 Å². The highest BCUT2D eigenvalue weighted by Crippen LogP contribution is 2.28. The Morgan fingerprint density at radius 2 is 1.93 bits per heavy atom. The summed E-state index contributed by atoms with van der Waals surface area (Å²) in [7, 11) is 1.61. The van der Waals surface area contributed by atoms with Crippen molar-refractivity contribution in [2.45, 2.75) is 19.0 Å². The molecule has 3 rings (SSSR count). The molecule has 0 unspecified atom stereocenters. The Morgan fingerprint density at radius 3 is 2.59 bits per heavy atom. The Balaban J connectivity index is 1.54. The second kappa shape index (κ2) is 8.44. The molecule has 0 saturated carbocycles. The van der Waals surface area contributed by atoms with Crippen LogP contribution < -0.4 is 5.32 Å². The average Bonchev–Trinajstić information content (AvgIpc) is 3.29. The molecule has 4 amide bonds. The van der Waals surface area contributed by atoms with E-state index in [1.165, 1.54) is 16.2 Å². The fourth-order valence-electron chi connectivity index (χ4n) is 2.98. The zero-order valence-corrected chi connectivity index (χ0v) is 16.9. The smallest absolute Gasteiger partial charge is 0.326 e. The van der Waals surface area contributed by atoms with Gasteiger partial charge in [0.25, 0.3) is 11.8 Å². The number of carbonyl (C=O) groups is 4. The van der Waals surface area contributed by atoms with E-state index in [0.717, 1.165) is 10.5 Å². The number of benzene rings is 1. The highest BCUT2D eigenvalue weighted by Gasteiger charge is 2.49. The van der Waals surface area contributed by atoms with E-state index in [1.54, 1.807) is 44.3 Å². The van der Waals surface area contributed by atoms with Crippen LogP contribution in [-0.2, 0) is 31.2 Å². The van der Waals surface area contributed by atoms with Crippen molar-refractivity contribution in [2.75, 3.05) is 20.2 Å². The molecule has 0 radical (unpaired) electrons. The van der Waals surface area contributed by atoms with Crippen molar-refractivity contribution in [2.24, 2.45) is 0 Å². The number of nitrogens with one attached hydrogen (secondary N) is 1. The number of amides is 4. The van der Waals surface area contributed by atoms with Gasteiger partial charge in [0.05, 0.1) is 0 Å². The molecule has 1 fully saturated rings. The zero-order valence-electron chi connectivity index (χ0n) is 16.1. The Bertz CT molecular complexity index is 915. The highest BCUT2D eigenvalue weighted by atomic mass is 32.1. The van der Waals surface area contributed by atoms with Gasteiger partial charge in [-0.15, -0.1) is 0 Å². The largest absolute Gasteiger partial charge is 0.454 e. The summed E-state index contributed by atoms with van der Waals surface area (Å²) in [5.41, 5.74) is 0.339. The van der Waals surface area contributed by atoms with Crippen molar-refractivity contribution >= 4 is 35.2 Å². The third kappa shape index (κ3) is 4.45. The van der Waals surface area contributed by atoms with Gasteiger partial charge in [-0.1, -0.05) is 30.3 Å². The van der Waals surface area contributed by atoms with E-state index in [-0.39, 0.29) is 5.91 Å². The van der Waals surface area contributed by atoms with Gasteiger partial charge in [-0.05, 0) is 34.9 Å². The summed E-state index contributed by atoms with van der Waals surface area (Å²) >= 11 is 1.53. The first-order valence-electron chi connectivity index (χ1n) is 8.91. The minimum Gasteiger partial charge on any atom is -0.454 e. The van der Waals surface area contributed by atoms with Gasteiger partial charge in [0.2, 0.25) is 0 Å². The summed E-state index contributed by atoms with van der Waals surface area (Å²) in [6.45, 7) is 0.965. The van der Waals surface area contributed by atoms with Gasteiger partial charge < -0.3 is 15.0 Å². The Morgan fingerprint density at radius 1 is 1.21 bits per heavy atom. The molecule has 8 nitrogen and oxygen atoms in total. The molecule has 1 aromatic carbocycles. The Labute approximate surface area is 172 Å². The number of urea groups is 1. The molecule has 0 aliphatic carbocycles. The number of nitrogens with zero attached hydrogens (tertiary/aromatic N) is 2. The van der Waals surface area contributed by atoms with Crippen molar-refractivity contribution in [1.82, 2.24) is 15.1 Å². The normalized spacial score (nSPS) is 18.5. The number of ether oxygens (including phenoxy) is 1. The molecule has 9 heteroatoms. The number of hydrogen-bond acceptors (Lipinski definition) is 6. The van der Waals surface area contributed by atoms with Crippen molar-refractivity contribution in [3.8, 4) is 0 Å². The van der Waals surface area contributed by atoms with Crippen LogP contribution in [0.5, 0.6) is 0 Å². The van der Waals surface area contributed by atoms with Crippen LogP contribution in [0, 0.1) is 0 Å². The Hall–Kier alpha value is -3.20. The van der Waals surface area contributed by atoms with E-state index in [9.17, 15) is 19.2 Å². The van der Waals surface area contributed by atoms with E-state index in [1.807, 2.05) is 16.8 Å². The van der Waals surface area contributed by atoms with Gasteiger partial charge in [0, 0.05) is 13.6 Å². The van der Waals surface area contributed by atoms with Gasteiger partial charge in [-0.25, -0.2) is 4.79 Å². The molecule has 1 aromatic heterocycles. The van der Waals surface area contributed by atoms with E-state index < -0.39 is 36.6 Å². The fourth-order valence-corrected chi connectivity index (χ4v) is 3.64. The predicted octanol–water partition coefficient (Wildman–Crippen LogP) is 1.72. The van der Waals surface area contributed by atoms with Crippen LogP contribution in [0.3, 0.4) is 0 Å². The van der Waals surface area contributed by atoms with Crippen molar-refractivity contribution in [3.05, 3.63) is 58.3 Å². The minimum absolute atomic E-state index is 0.379. The minimum atomic E-state index is -1.25. The SMILES string of the molecule is CN(Cc1ccsc1)C(=O)COC(=O)CN1C(=O)N[C@@](C)(c2ccccc2)C1=O. The second-order valence-corrected chi connectivity index (χ2v) is 7.63. The highest BCUT2D eigenvalue weighted by molar-refractivity contribution is 7.07. The third-order valence-electron chi connectivity index (χ3n) is 4.70. The lowest BCUT2D eigenvalue weighted by molar-refractivity contribution is -0.153. The summed E-state index contributed by atoms with van der Waals surface area (Å²) in [4.78, 5) is 51.5. The fraction of sp³-hybridized carbons (Fsp3) is 0.300. The standard InChI is InChI=1S/C20H21N3O5S/c1-20(15-6-4-3-5-7-15)18(26)23(19(27)21-20)11-17(25)28-12-16(24)22(2)10-14-8-9-29-13-14/h3-9,13H,10-12H2,1-2H3,(H,21,27)/t20-/m0/s1. The molecule has 152 valence electrons. The quantitative estimate of drug-likeness (QED) is 0.549. The number of rotatable bonds is 7. The molecule has 1 saturated heterocycles. The molecular weight excluding hydrogens is 394 g/mol. The topological polar surface area (TPSA) is 96.0 Å². The molecule has 1 atom stereocenters. The van der Waals surface area contributed by atoms with E-state index in [4.69, 9.17) is 4.74 Å². The van der Waals surface area contributed by atoms with Gasteiger partial charge in [-0.2, -0.15) is 11.3 Å². The van der Waals surface area contributed by atoms with Crippen LogP contribution in [0.2, 0.25) is 0 Å². The Kier molecular flexibility index (Phi) is 5.97. The van der Waals surface area contributed by atoms with Crippen molar-refractivity contribution < 1.29 is 23.9 Å². The predicted molar refractivity (Wildman–Crippen MR) is 106 cm³/mol. The van der Waals surface area contributed by atoms with Crippen molar-refractivity contribution in [1.29, 1.82) is 0 Å². The van der Waals surface area contributed by atoms with Crippen molar-refractivity contribution in [3.63, 3.8) is 0 Å². The maximum Gasteiger partial charge on any atom is 0.326 e. The molecule has 2 aromatic rings. The van der Waals surface area contributed by atoms with Crippen LogP contribution in [-0.4, -0.2) is 53.8 Å². The summed E-state index contributed by atoms with van der Waals surface area (Å²) in [5, 5.41) is 6.45. The molecule has 0 bridgehead atoms. The number of imide groups is 1. The van der Waals surface area contributed by atoms with E-state index in [2.05, 4.69) is 5.32 Å². The van der Waals surface area contributed by atoms with Gasteiger partial charge in [0.15, 0.2) is 6.61 Å². The molecule has 1 N–H and O–H groups in total. The average molecular weight is 415 g/mol. The van der Waals surface area contributed by atoms with Gasteiger partial charge in [0.1, 0.15) is 12.1 Å². The number of esters is 1. The first-order valence-corrected chi connectivity index (χ1v) is 9.86. The zero-order chi connectivity index (χ0) is 21.0. The van der Waals surface area contributed by atoms with Crippen LogP contribution >= 0.6 is 11.3 Å². The molecule has 0 spiro atoms. The first kappa shape index (κ1) is 20.5. The molecule has 2 heterocycles. The van der Waals surface area contributed by atoms with Gasteiger partial charge in [-0.3, -0.25) is 19.3 Å². The number of hydrogen-bond donors (Lipinski definition) is 1. The lowest BCUT2D eigenvalue weighted by Crippen LogP contribution is -2.42. The summed E-state index contributed by atoms with van der Waals surface area (Å²) in [6, 6.07) is 9.99. The summed E-state index contributed by atoms with van der Waals surface area (Å²) in [6.07, 6.45) is 0. The lowest BCUT2D eigenvalue weighted by atomic mass is 9.92. The van der Waals surface area contributed by atoms with E-state index >= 15 is 0 Å². The van der Waals surface area contributed by atoms with Crippen LogP contribution in [0.15, 0.2) is 47.2 Å².